The quantitative estimate of drug-likeness (QED) is 0.831. The van der Waals surface area contributed by atoms with Gasteiger partial charge in [-0.1, -0.05) is 6.92 Å². The Labute approximate surface area is 128 Å². The summed E-state index contributed by atoms with van der Waals surface area (Å²) < 4.78 is 1.64. The molecule has 0 aliphatic heterocycles. The molecule has 2 heterocycles. The van der Waals surface area contributed by atoms with Crippen molar-refractivity contribution in [3.63, 3.8) is 0 Å². The van der Waals surface area contributed by atoms with Crippen molar-refractivity contribution in [3.05, 3.63) is 34.4 Å². The van der Waals surface area contributed by atoms with Crippen LogP contribution in [0.15, 0.2) is 6.07 Å². The lowest BCUT2D eigenvalue weighted by Crippen LogP contribution is -2.24. The topological polar surface area (TPSA) is 83.7 Å². The smallest absolute Gasteiger partial charge is 0.251 e. The molecule has 0 saturated heterocycles. The highest BCUT2D eigenvalue weighted by atomic mass is 16.4. The molecule has 2 atom stereocenters. The average molecular weight is 297 g/mol. The molecule has 4 rings (SSSR count). The van der Waals surface area contributed by atoms with Crippen molar-refractivity contribution in [3.8, 4) is 5.95 Å². The van der Waals surface area contributed by atoms with Crippen molar-refractivity contribution in [1.82, 2.24) is 19.7 Å². The zero-order valence-corrected chi connectivity index (χ0v) is 12.9. The Hall–Kier alpha value is -2.24. The summed E-state index contributed by atoms with van der Waals surface area (Å²) in [6.45, 7) is 5.98. The fraction of sp³-hybridized carbons (Fsp3) is 0.500. The second kappa shape index (κ2) is 4.15. The molecule has 2 aromatic heterocycles. The number of fused-ring (bicyclic) bond motifs is 5. The molecule has 0 radical (unpaired) electrons. The molecule has 2 aliphatic carbocycles. The predicted octanol–water partition coefficient (Wildman–Crippen LogP) is 1.18. The van der Waals surface area contributed by atoms with Crippen LogP contribution in [-0.2, 0) is 5.41 Å². The summed E-state index contributed by atoms with van der Waals surface area (Å²) in [6, 6.07) is 1.89. The minimum absolute atomic E-state index is 0.0400. The highest BCUT2D eigenvalue weighted by Gasteiger charge is 2.51. The summed E-state index contributed by atoms with van der Waals surface area (Å²) in [7, 11) is 0. The standard InChI is InChI=1S/C16H18N4O2/c1-8-6-9(2)18-15(17-8)20-13-11(12(19-20)14(21)22)10-4-5-16(13,3)7-10/h6,10H,4-5,7H2,1-3H3,(H,21,22)/p-1/t10-,16+/m0/s1. The van der Waals surface area contributed by atoms with Gasteiger partial charge in [-0.05, 0) is 45.1 Å². The Morgan fingerprint density at radius 1 is 1.36 bits per heavy atom. The molecule has 0 aromatic carbocycles. The van der Waals surface area contributed by atoms with Crippen molar-refractivity contribution in [2.24, 2.45) is 0 Å². The van der Waals surface area contributed by atoms with Gasteiger partial charge in [0.05, 0.1) is 11.7 Å². The maximum atomic E-state index is 11.5. The van der Waals surface area contributed by atoms with Crippen LogP contribution >= 0.6 is 0 Å². The van der Waals surface area contributed by atoms with Crippen LogP contribution in [0, 0.1) is 13.8 Å². The summed E-state index contributed by atoms with van der Waals surface area (Å²) in [5.74, 6) is -0.488. The lowest BCUT2D eigenvalue weighted by Gasteiger charge is -2.23. The molecular weight excluding hydrogens is 280 g/mol. The molecular formula is C16H17N4O2-. The zero-order chi connectivity index (χ0) is 15.6. The first-order chi connectivity index (χ1) is 10.4. The third-order valence-corrected chi connectivity index (χ3v) is 5.00. The van der Waals surface area contributed by atoms with Crippen molar-refractivity contribution >= 4 is 5.97 Å². The minimum atomic E-state index is -1.21. The van der Waals surface area contributed by atoms with Gasteiger partial charge in [0.25, 0.3) is 5.95 Å². The minimum Gasteiger partial charge on any atom is -0.543 e. The van der Waals surface area contributed by atoms with Gasteiger partial charge in [-0.25, -0.2) is 14.6 Å². The van der Waals surface area contributed by atoms with Crippen molar-refractivity contribution in [2.45, 2.75) is 51.4 Å². The van der Waals surface area contributed by atoms with Gasteiger partial charge in [0.15, 0.2) is 0 Å². The summed E-state index contributed by atoms with van der Waals surface area (Å²) in [5.41, 5.74) is 3.52. The molecule has 1 saturated carbocycles. The van der Waals surface area contributed by atoms with E-state index in [0.717, 1.165) is 41.9 Å². The Kier molecular flexibility index (Phi) is 2.53. The maximum Gasteiger partial charge on any atom is 0.251 e. The number of carbonyl (C=O) groups excluding carboxylic acids is 1. The number of carboxylic acids is 1. The first-order valence-corrected chi connectivity index (χ1v) is 7.56. The normalized spacial score (nSPS) is 25.5. The molecule has 0 spiro atoms. The third kappa shape index (κ3) is 1.66. The van der Waals surface area contributed by atoms with Gasteiger partial charge in [-0.15, -0.1) is 0 Å². The molecule has 2 aliphatic rings. The van der Waals surface area contributed by atoms with Crippen LogP contribution < -0.4 is 5.11 Å². The number of aromatic nitrogens is 4. The number of carboxylic acid groups (broad SMARTS) is 1. The Morgan fingerprint density at radius 2 is 2.05 bits per heavy atom. The van der Waals surface area contributed by atoms with Gasteiger partial charge in [-0.3, -0.25) is 0 Å². The number of aromatic carboxylic acids is 1. The van der Waals surface area contributed by atoms with Crippen molar-refractivity contribution in [2.75, 3.05) is 0 Å². The third-order valence-electron chi connectivity index (χ3n) is 5.00. The Bertz CT molecular complexity index is 790. The second-order valence-corrected chi connectivity index (χ2v) is 6.76. The number of aryl methyl sites for hydroxylation is 2. The number of hydrogen-bond donors (Lipinski definition) is 0. The van der Waals surface area contributed by atoms with E-state index in [1.54, 1.807) is 4.68 Å². The van der Waals surface area contributed by atoms with Gasteiger partial charge >= 0.3 is 0 Å². The molecule has 2 aromatic rings. The Balaban J connectivity index is 2.01. The summed E-state index contributed by atoms with van der Waals surface area (Å²) in [6.07, 6.45) is 3.04. The fourth-order valence-corrected chi connectivity index (χ4v) is 4.20. The molecule has 0 unspecified atom stereocenters. The van der Waals surface area contributed by atoms with Crippen LogP contribution in [0.4, 0.5) is 0 Å². The van der Waals surface area contributed by atoms with E-state index < -0.39 is 5.97 Å². The molecule has 6 heteroatoms. The zero-order valence-electron chi connectivity index (χ0n) is 12.9. The first-order valence-electron chi connectivity index (χ1n) is 7.56. The molecule has 114 valence electrons. The SMILES string of the molecule is Cc1cc(C)nc(-n2nc(C(=O)[O-])c3c2[C@]2(C)CC[C@H]3C2)n1. The van der Waals surface area contributed by atoms with E-state index in [0.29, 0.717) is 5.95 Å². The van der Waals surface area contributed by atoms with Gasteiger partial charge < -0.3 is 9.90 Å². The van der Waals surface area contributed by atoms with Crippen molar-refractivity contribution in [1.29, 1.82) is 0 Å². The maximum absolute atomic E-state index is 11.5. The van der Waals surface area contributed by atoms with Crippen LogP contribution in [-0.4, -0.2) is 25.7 Å². The van der Waals surface area contributed by atoms with Gasteiger partial charge in [-0.2, -0.15) is 5.10 Å². The summed E-state index contributed by atoms with van der Waals surface area (Å²) in [5, 5.41) is 15.8. The molecule has 0 amide bonds. The lowest BCUT2D eigenvalue weighted by atomic mass is 9.85. The average Bonchev–Trinajstić information content (AvgIpc) is 3.05. The predicted molar refractivity (Wildman–Crippen MR) is 76.9 cm³/mol. The summed E-state index contributed by atoms with van der Waals surface area (Å²) >= 11 is 0. The highest BCUT2D eigenvalue weighted by molar-refractivity contribution is 5.86. The largest absolute Gasteiger partial charge is 0.543 e. The van der Waals surface area contributed by atoms with E-state index in [2.05, 4.69) is 22.0 Å². The van der Waals surface area contributed by atoms with E-state index in [9.17, 15) is 9.90 Å². The lowest BCUT2D eigenvalue weighted by molar-refractivity contribution is -0.255. The molecule has 22 heavy (non-hydrogen) atoms. The van der Waals surface area contributed by atoms with E-state index in [-0.39, 0.29) is 17.0 Å². The molecule has 6 nitrogen and oxygen atoms in total. The first kappa shape index (κ1) is 13.4. The van der Waals surface area contributed by atoms with Crippen LogP contribution in [0.3, 0.4) is 0 Å². The van der Waals surface area contributed by atoms with E-state index in [4.69, 9.17) is 0 Å². The van der Waals surface area contributed by atoms with Gasteiger partial charge in [0.1, 0.15) is 5.69 Å². The van der Waals surface area contributed by atoms with E-state index >= 15 is 0 Å². The van der Waals surface area contributed by atoms with Crippen LogP contribution in [0.1, 0.15) is 65.2 Å². The highest BCUT2D eigenvalue weighted by Crippen LogP contribution is 2.58. The summed E-state index contributed by atoms with van der Waals surface area (Å²) in [4.78, 5) is 20.4. The van der Waals surface area contributed by atoms with Crippen LogP contribution in [0.2, 0.25) is 0 Å². The number of rotatable bonds is 2. The van der Waals surface area contributed by atoms with Crippen LogP contribution in [0.25, 0.3) is 5.95 Å². The van der Waals surface area contributed by atoms with E-state index in [1.165, 1.54) is 0 Å². The number of carbonyl (C=O) groups is 1. The molecule has 0 N–H and O–H groups in total. The van der Waals surface area contributed by atoms with Gasteiger partial charge in [0, 0.05) is 22.4 Å². The fourth-order valence-electron chi connectivity index (χ4n) is 4.20. The van der Waals surface area contributed by atoms with Crippen LogP contribution in [0.5, 0.6) is 0 Å². The monoisotopic (exact) mass is 297 g/mol. The van der Waals surface area contributed by atoms with E-state index in [1.807, 2.05) is 19.9 Å². The second-order valence-electron chi connectivity index (χ2n) is 6.76. The molecule has 1 fully saturated rings. The number of nitrogens with zero attached hydrogens (tertiary/aromatic N) is 4. The van der Waals surface area contributed by atoms with Gasteiger partial charge in [0.2, 0.25) is 0 Å². The van der Waals surface area contributed by atoms with Crippen molar-refractivity contribution < 1.29 is 9.90 Å². The number of hydrogen-bond acceptors (Lipinski definition) is 5. The molecule has 2 bridgehead atoms. The Morgan fingerprint density at radius 3 is 2.68 bits per heavy atom.